The first-order valence-corrected chi connectivity index (χ1v) is 12.5. The Labute approximate surface area is 186 Å². The van der Waals surface area contributed by atoms with Crippen molar-refractivity contribution in [3.05, 3.63) is 12.8 Å². The molecule has 0 heterocycles. The second-order valence-corrected chi connectivity index (χ2v) is 8.28. The minimum absolute atomic E-state index is 0.329. The van der Waals surface area contributed by atoms with Gasteiger partial charge in [-0.15, -0.1) is 0 Å². The predicted octanol–water partition coefficient (Wildman–Crippen LogP) is 8.59. The van der Waals surface area contributed by atoms with E-state index >= 15 is 0 Å². The summed E-state index contributed by atoms with van der Waals surface area (Å²) in [5, 5.41) is 8.56. The molecule has 0 aromatic heterocycles. The van der Waals surface area contributed by atoms with Gasteiger partial charge in [-0.1, -0.05) is 129 Å². The molecule has 0 unspecified atom stereocenters. The number of hydrogen-bond donors (Lipinski definition) is 1. The normalized spacial score (nSPS) is 10.2. The van der Waals surface area contributed by atoms with Crippen LogP contribution in [0.15, 0.2) is 12.8 Å². The fourth-order valence-electron chi connectivity index (χ4n) is 3.47. The summed E-state index contributed by atoms with van der Waals surface area (Å²) in [5.74, 6) is -0.980. The highest BCUT2D eigenvalue weighted by atomic mass is 16.5. The van der Waals surface area contributed by atoms with E-state index < -0.39 is 5.97 Å². The van der Waals surface area contributed by atoms with Gasteiger partial charge in [0.2, 0.25) is 0 Å². The third-order valence-electron chi connectivity index (χ3n) is 5.24. The number of ether oxygens (including phenoxy) is 1. The van der Waals surface area contributed by atoms with Crippen LogP contribution in [0.1, 0.15) is 142 Å². The standard InChI is InChI=1S/C22H44O2.C4H6O2/c1-2-3-4-5-6-7-8-9-10-11-12-13-14-15-16-17-18-19-20-21-22(23)24;1-3-6-4(2)5/h2-21H2,1H3,(H,23,24);3H,1H2,2H3. The molecule has 0 fully saturated rings. The van der Waals surface area contributed by atoms with Crippen molar-refractivity contribution in [2.45, 2.75) is 142 Å². The minimum atomic E-state index is -0.651. The average Bonchev–Trinajstić information content (AvgIpc) is 2.70. The predicted molar refractivity (Wildman–Crippen MR) is 128 cm³/mol. The molecule has 0 aromatic carbocycles. The lowest BCUT2D eigenvalue weighted by molar-refractivity contribution is -0.137. The van der Waals surface area contributed by atoms with E-state index in [4.69, 9.17) is 5.11 Å². The number of esters is 1. The van der Waals surface area contributed by atoms with Crippen molar-refractivity contribution in [1.29, 1.82) is 0 Å². The van der Waals surface area contributed by atoms with Crippen molar-refractivity contribution in [1.82, 2.24) is 0 Å². The van der Waals surface area contributed by atoms with Crippen molar-refractivity contribution in [2.24, 2.45) is 0 Å². The van der Waals surface area contributed by atoms with Gasteiger partial charge in [0.15, 0.2) is 0 Å². The van der Waals surface area contributed by atoms with Crippen LogP contribution in [0, 0.1) is 0 Å². The molecule has 178 valence electrons. The van der Waals surface area contributed by atoms with Crippen molar-refractivity contribution >= 4 is 11.9 Å². The highest BCUT2D eigenvalue weighted by molar-refractivity contribution is 5.66. The van der Waals surface area contributed by atoms with Gasteiger partial charge in [-0.2, -0.15) is 0 Å². The van der Waals surface area contributed by atoms with Crippen LogP contribution in [-0.2, 0) is 14.3 Å². The maximum atomic E-state index is 10.4. The Morgan fingerprint density at radius 1 is 0.667 bits per heavy atom. The lowest BCUT2D eigenvalue weighted by Gasteiger charge is -2.03. The fourth-order valence-corrected chi connectivity index (χ4v) is 3.47. The summed E-state index contributed by atoms with van der Waals surface area (Å²) in [6.07, 6.45) is 27.2. The van der Waals surface area contributed by atoms with Crippen LogP contribution in [0.5, 0.6) is 0 Å². The summed E-state index contributed by atoms with van der Waals surface area (Å²) in [6.45, 7) is 6.76. The van der Waals surface area contributed by atoms with Gasteiger partial charge in [0.25, 0.3) is 0 Å². The van der Waals surface area contributed by atoms with Gasteiger partial charge in [0, 0.05) is 13.3 Å². The molecule has 0 spiro atoms. The summed E-state index contributed by atoms with van der Waals surface area (Å²) >= 11 is 0. The number of carboxylic acid groups (broad SMARTS) is 1. The third kappa shape index (κ3) is 34.2. The van der Waals surface area contributed by atoms with Crippen molar-refractivity contribution in [3.8, 4) is 0 Å². The SMILES string of the molecule is C=COC(C)=O.CCCCCCCCCCCCCCCCCCCCCC(=O)O. The summed E-state index contributed by atoms with van der Waals surface area (Å²) in [6, 6.07) is 0. The van der Waals surface area contributed by atoms with E-state index in [-0.39, 0.29) is 5.97 Å². The molecule has 0 rings (SSSR count). The summed E-state index contributed by atoms with van der Waals surface area (Å²) in [4.78, 5) is 20.1. The first-order valence-electron chi connectivity index (χ1n) is 12.5. The Hall–Kier alpha value is -1.32. The Bertz CT molecular complexity index is 379. The monoisotopic (exact) mass is 426 g/mol. The molecule has 0 saturated heterocycles. The average molecular weight is 427 g/mol. The van der Waals surface area contributed by atoms with Gasteiger partial charge in [0.05, 0.1) is 6.26 Å². The maximum Gasteiger partial charge on any atom is 0.307 e. The second kappa shape index (κ2) is 27.7. The van der Waals surface area contributed by atoms with Gasteiger partial charge in [-0.05, 0) is 6.42 Å². The van der Waals surface area contributed by atoms with Gasteiger partial charge in [0.1, 0.15) is 0 Å². The van der Waals surface area contributed by atoms with Gasteiger partial charge in [-0.3, -0.25) is 9.59 Å². The topological polar surface area (TPSA) is 63.6 Å². The van der Waals surface area contributed by atoms with Crippen molar-refractivity contribution in [2.75, 3.05) is 0 Å². The van der Waals surface area contributed by atoms with E-state index in [0.717, 1.165) is 19.1 Å². The van der Waals surface area contributed by atoms with Crippen LogP contribution in [0.2, 0.25) is 0 Å². The molecule has 4 nitrogen and oxygen atoms in total. The smallest absolute Gasteiger partial charge is 0.307 e. The number of unbranched alkanes of at least 4 members (excludes halogenated alkanes) is 18. The van der Waals surface area contributed by atoms with Gasteiger partial charge >= 0.3 is 11.9 Å². The van der Waals surface area contributed by atoms with Crippen LogP contribution in [0.25, 0.3) is 0 Å². The van der Waals surface area contributed by atoms with Crippen LogP contribution in [0.3, 0.4) is 0 Å². The quantitative estimate of drug-likeness (QED) is 0.113. The van der Waals surface area contributed by atoms with Gasteiger partial charge < -0.3 is 9.84 Å². The lowest BCUT2D eigenvalue weighted by atomic mass is 10.0. The molecule has 0 atom stereocenters. The highest BCUT2D eigenvalue weighted by Gasteiger charge is 1.97. The summed E-state index contributed by atoms with van der Waals surface area (Å²) < 4.78 is 4.17. The van der Waals surface area contributed by atoms with E-state index in [1.807, 2.05) is 0 Å². The second-order valence-electron chi connectivity index (χ2n) is 8.28. The zero-order chi connectivity index (χ0) is 22.7. The third-order valence-corrected chi connectivity index (χ3v) is 5.24. The van der Waals surface area contributed by atoms with E-state index in [1.165, 1.54) is 116 Å². The zero-order valence-corrected chi connectivity index (χ0v) is 20.1. The Morgan fingerprint density at radius 2 is 0.967 bits per heavy atom. The molecule has 30 heavy (non-hydrogen) atoms. The molecule has 0 aromatic rings. The first kappa shape index (κ1) is 30.9. The maximum absolute atomic E-state index is 10.4. The number of carbonyl (C=O) groups excluding carboxylic acids is 1. The number of carboxylic acids is 1. The molecule has 0 aliphatic rings. The minimum Gasteiger partial charge on any atom is -0.481 e. The lowest BCUT2D eigenvalue weighted by Crippen LogP contribution is -1.93. The molecule has 0 bridgehead atoms. The highest BCUT2D eigenvalue weighted by Crippen LogP contribution is 2.14. The molecule has 0 amide bonds. The molecular formula is C26H50O4. The van der Waals surface area contributed by atoms with E-state index in [2.05, 4.69) is 18.2 Å². The van der Waals surface area contributed by atoms with Crippen molar-refractivity contribution in [3.63, 3.8) is 0 Å². The summed E-state index contributed by atoms with van der Waals surface area (Å²) in [7, 11) is 0. The molecule has 1 N–H and O–H groups in total. The van der Waals surface area contributed by atoms with Gasteiger partial charge in [-0.25, -0.2) is 0 Å². The Kier molecular flexibility index (Phi) is 28.5. The Balaban J connectivity index is 0. The zero-order valence-electron chi connectivity index (χ0n) is 20.1. The largest absolute Gasteiger partial charge is 0.481 e. The number of rotatable bonds is 21. The molecule has 0 aliphatic heterocycles. The molecule has 0 saturated carbocycles. The van der Waals surface area contributed by atoms with Crippen molar-refractivity contribution < 1.29 is 19.4 Å². The van der Waals surface area contributed by atoms with Crippen LogP contribution < -0.4 is 0 Å². The number of aliphatic carboxylic acids is 1. The van der Waals surface area contributed by atoms with E-state index in [1.54, 1.807) is 0 Å². The van der Waals surface area contributed by atoms with Crippen LogP contribution in [0.4, 0.5) is 0 Å². The molecular weight excluding hydrogens is 376 g/mol. The van der Waals surface area contributed by atoms with Crippen LogP contribution in [-0.4, -0.2) is 17.0 Å². The number of hydrogen-bond acceptors (Lipinski definition) is 3. The molecule has 0 aliphatic carbocycles. The fraction of sp³-hybridized carbons (Fsp3) is 0.846. The number of carbonyl (C=O) groups is 2. The van der Waals surface area contributed by atoms with Crippen LogP contribution >= 0.6 is 0 Å². The van der Waals surface area contributed by atoms with E-state index in [9.17, 15) is 9.59 Å². The molecule has 0 radical (unpaired) electrons. The van der Waals surface area contributed by atoms with E-state index in [0.29, 0.717) is 6.42 Å². The summed E-state index contributed by atoms with van der Waals surface area (Å²) in [5.41, 5.74) is 0. The first-order chi connectivity index (χ1) is 14.5. The molecule has 4 heteroatoms. The Morgan fingerprint density at radius 3 is 1.17 bits per heavy atom.